The molecule has 35 heavy (non-hydrogen) atoms. The van der Waals surface area contributed by atoms with Crippen molar-refractivity contribution in [2.45, 2.75) is 25.4 Å². The van der Waals surface area contributed by atoms with E-state index in [2.05, 4.69) is 6.58 Å². The summed E-state index contributed by atoms with van der Waals surface area (Å²) in [7, 11) is 0. The molecule has 0 aliphatic carbocycles. The van der Waals surface area contributed by atoms with Gasteiger partial charge in [0.1, 0.15) is 28.4 Å². The van der Waals surface area contributed by atoms with E-state index in [4.69, 9.17) is 9.47 Å². The van der Waals surface area contributed by atoms with Crippen LogP contribution in [0.2, 0.25) is 0 Å². The lowest BCUT2D eigenvalue weighted by Crippen LogP contribution is -2.41. The van der Waals surface area contributed by atoms with Crippen LogP contribution < -0.4 is 9.47 Å². The third-order valence-corrected chi connectivity index (χ3v) is 5.89. The summed E-state index contributed by atoms with van der Waals surface area (Å²) in [4.78, 5) is 0. The van der Waals surface area contributed by atoms with Gasteiger partial charge in [-0.1, -0.05) is 65.7 Å². The number of hydrogen-bond donors (Lipinski definition) is 0. The van der Waals surface area contributed by atoms with Crippen LogP contribution in [0.3, 0.4) is 0 Å². The van der Waals surface area contributed by atoms with Crippen molar-refractivity contribution in [1.82, 2.24) is 0 Å². The molecule has 0 saturated heterocycles. The summed E-state index contributed by atoms with van der Waals surface area (Å²) >= 11 is 0. The van der Waals surface area contributed by atoms with Crippen LogP contribution in [0.25, 0.3) is 0 Å². The van der Waals surface area contributed by atoms with E-state index in [0.29, 0.717) is 23.0 Å². The van der Waals surface area contributed by atoms with Crippen LogP contribution in [0.4, 0.5) is 13.2 Å². The minimum atomic E-state index is -4.62. The maximum Gasteiger partial charge on any atom is 0.405 e. The summed E-state index contributed by atoms with van der Waals surface area (Å²) in [6.45, 7) is 7.49. The second kappa shape index (κ2) is 9.71. The summed E-state index contributed by atoms with van der Waals surface area (Å²) in [5.41, 5.74) is -0.127. The fraction of sp³-hybridized carbons (Fsp3) is 0.133. The van der Waals surface area contributed by atoms with Gasteiger partial charge in [-0.05, 0) is 73.5 Å². The van der Waals surface area contributed by atoms with Gasteiger partial charge in [-0.25, -0.2) is 0 Å². The third kappa shape index (κ3) is 5.09. The normalized spacial score (nSPS) is 11.7. The molecule has 2 nitrogen and oxygen atoms in total. The van der Waals surface area contributed by atoms with Crippen molar-refractivity contribution < 1.29 is 22.6 Å². The summed E-state index contributed by atoms with van der Waals surface area (Å²) < 4.78 is 55.3. The number of aryl methyl sites for hydroxylation is 2. The molecular formula is C30H25F3O2. The number of ether oxygens (including phenoxy) is 2. The van der Waals surface area contributed by atoms with E-state index in [9.17, 15) is 13.2 Å². The molecule has 0 spiro atoms. The van der Waals surface area contributed by atoms with Gasteiger partial charge in [0, 0.05) is 0 Å². The molecule has 4 aromatic rings. The quantitative estimate of drug-likeness (QED) is 0.249. The van der Waals surface area contributed by atoms with Crippen molar-refractivity contribution in [3.05, 3.63) is 132 Å². The molecule has 0 bridgehead atoms. The number of benzene rings is 4. The predicted octanol–water partition coefficient (Wildman–Crippen LogP) is 8.92. The zero-order valence-electron chi connectivity index (χ0n) is 19.5. The maximum atomic E-state index is 14.6. The highest BCUT2D eigenvalue weighted by molar-refractivity contribution is 5.49. The standard InChI is InChI=1S/C30H25F3O2/c1-4-29(30(31,32)33,23-9-17-27(18-10-23)34-25-13-5-21(2)6-14-25)24-11-19-28(20-12-24)35-26-15-7-22(3)8-16-26/h4-20H,1H2,2-3H3. The van der Waals surface area contributed by atoms with E-state index in [1.807, 2.05) is 62.4 Å². The molecule has 0 heterocycles. The summed E-state index contributed by atoms with van der Waals surface area (Å²) in [5, 5.41) is 0. The van der Waals surface area contributed by atoms with Gasteiger partial charge in [0.2, 0.25) is 0 Å². The Balaban J connectivity index is 1.63. The predicted molar refractivity (Wildman–Crippen MR) is 132 cm³/mol. The number of hydrogen-bond acceptors (Lipinski definition) is 2. The van der Waals surface area contributed by atoms with Crippen molar-refractivity contribution in [2.75, 3.05) is 0 Å². The Bertz CT molecular complexity index is 1180. The van der Waals surface area contributed by atoms with Gasteiger partial charge in [0.15, 0.2) is 0 Å². The maximum absolute atomic E-state index is 14.6. The first-order chi connectivity index (χ1) is 16.7. The van der Waals surface area contributed by atoms with Gasteiger partial charge < -0.3 is 9.47 Å². The molecule has 0 unspecified atom stereocenters. The van der Waals surface area contributed by atoms with Crippen LogP contribution in [0.5, 0.6) is 23.0 Å². The second-order valence-electron chi connectivity index (χ2n) is 8.39. The Morgan fingerprint density at radius 2 is 0.829 bits per heavy atom. The average molecular weight is 475 g/mol. The lowest BCUT2D eigenvalue weighted by atomic mass is 9.74. The highest BCUT2D eigenvalue weighted by atomic mass is 19.4. The zero-order valence-corrected chi connectivity index (χ0v) is 19.5. The van der Waals surface area contributed by atoms with E-state index in [1.54, 1.807) is 0 Å². The molecule has 0 aliphatic rings. The van der Waals surface area contributed by atoms with Gasteiger partial charge in [-0.2, -0.15) is 13.2 Å². The summed E-state index contributed by atoms with van der Waals surface area (Å²) in [6, 6.07) is 26.7. The van der Waals surface area contributed by atoms with Gasteiger partial charge in [0.25, 0.3) is 0 Å². The van der Waals surface area contributed by atoms with Crippen LogP contribution in [0.1, 0.15) is 22.3 Å². The minimum absolute atomic E-state index is 0.0449. The molecule has 0 aromatic heterocycles. The van der Waals surface area contributed by atoms with Gasteiger partial charge >= 0.3 is 6.18 Å². The fourth-order valence-electron chi connectivity index (χ4n) is 3.90. The average Bonchev–Trinajstić information content (AvgIpc) is 2.84. The van der Waals surface area contributed by atoms with Crippen LogP contribution in [0, 0.1) is 13.8 Å². The first-order valence-corrected chi connectivity index (χ1v) is 11.1. The second-order valence-corrected chi connectivity index (χ2v) is 8.39. The van der Waals surface area contributed by atoms with Crippen molar-refractivity contribution in [3.8, 4) is 23.0 Å². The monoisotopic (exact) mass is 474 g/mol. The lowest BCUT2D eigenvalue weighted by molar-refractivity contribution is -0.164. The molecule has 4 rings (SSSR count). The van der Waals surface area contributed by atoms with E-state index >= 15 is 0 Å². The topological polar surface area (TPSA) is 18.5 Å². The SMILES string of the molecule is C=CC(c1ccc(Oc2ccc(C)cc2)cc1)(c1ccc(Oc2ccc(C)cc2)cc1)C(F)(F)F. The van der Waals surface area contributed by atoms with E-state index < -0.39 is 11.6 Å². The molecule has 0 atom stereocenters. The summed E-state index contributed by atoms with van der Waals surface area (Å²) in [5.74, 6) is 2.11. The molecule has 0 N–H and O–H groups in total. The molecule has 0 amide bonds. The third-order valence-electron chi connectivity index (χ3n) is 5.89. The van der Waals surface area contributed by atoms with Crippen molar-refractivity contribution in [3.63, 3.8) is 0 Å². The molecule has 4 aromatic carbocycles. The molecule has 0 saturated carbocycles. The van der Waals surface area contributed by atoms with Gasteiger partial charge in [-0.15, -0.1) is 6.58 Å². The van der Waals surface area contributed by atoms with E-state index in [1.165, 1.54) is 48.5 Å². The number of rotatable bonds is 7. The van der Waals surface area contributed by atoms with Crippen molar-refractivity contribution >= 4 is 0 Å². The Morgan fingerprint density at radius 3 is 1.09 bits per heavy atom. The van der Waals surface area contributed by atoms with Crippen molar-refractivity contribution in [2.24, 2.45) is 0 Å². The first kappa shape index (κ1) is 24.1. The number of alkyl halides is 3. The molecule has 178 valence electrons. The van der Waals surface area contributed by atoms with Crippen LogP contribution >= 0.6 is 0 Å². The van der Waals surface area contributed by atoms with E-state index in [0.717, 1.165) is 17.2 Å². The molecule has 0 radical (unpaired) electrons. The number of allylic oxidation sites excluding steroid dienone is 1. The Kier molecular flexibility index (Phi) is 6.70. The number of halogens is 3. The fourth-order valence-corrected chi connectivity index (χ4v) is 3.90. The zero-order chi connectivity index (χ0) is 25.1. The van der Waals surface area contributed by atoms with E-state index in [-0.39, 0.29) is 11.1 Å². The highest BCUT2D eigenvalue weighted by Crippen LogP contribution is 2.48. The largest absolute Gasteiger partial charge is 0.457 e. The highest BCUT2D eigenvalue weighted by Gasteiger charge is 2.55. The van der Waals surface area contributed by atoms with Crippen LogP contribution in [-0.2, 0) is 5.41 Å². The molecular weight excluding hydrogens is 449 g/mol. The van der Waals surface area contributed by atoms with Crippen LogP contribution in [-0.4, -0.2) is 6.18 Å². The van der Waals surface area contributed by atoms with Gasteiger partial charge in [0.05, 0.1) is 0 Å². The van der Waals surface area contributed by atoms with Crippen LogP contribution in [0.15, 0.2) is 110 Å². The minimum Gasteiger partial charge on any atom is -0.457 e. The van der Waals surface area contributed by atoms with Crippen molar-refractivity contribution in [1.29, 1.82) is 0 Å². The molecule has 0 fully saturated rings. The van der Waals surface area contributed by atoms with Gasteiger partial charge in [-0.3, -0.25) is 0 Å². The first-order valence-electron chi connectivity index (χ1n) is 11.1. The smallest absolute Gasteiger partial charge is 0.405 e. The molecule has 0 aliphatic heterocycles. The Morgan fingerprint density at radius 1 is 0.543 bits per heavy atom. The Labute approximate surface area is 203 Å². The Hall–Kier alpha value is -3.99. The summed E-state index contributed by atoms with van der Waals surface area (Å²) in [6.07, 6.45) is -3.67. The lowest BCUT2D eigenvalue weighted by Gasteiger charge is -2.34. The molecule has 5 heteroatoms.